The molecule has 1 N–H and O–H groups in total. The molecule has 0 saturated carbocycles. The van der Waals surface area contributed by atoms with E-state index >= 15 is 0 Å². The molecule has 0 radical (unpaired) electrons. The first kappa shape index (κ1) is 19.7. The number of nitrogens with zero attached hydrogens (tertiary/aromatic N) is 1. The topological polar surface area (TPSA) is 75.7 Å². The zero-order valence-electron chi connectivity index (χ0n) is 15.2. The second kappa shape index (κ2) is 8.67. The molecule has 1 heterocycles. The first-order valence-electron chi connectivity index (χ1n) is 8.82. The van der Waals surface area contributed by atoms with E-state index in [2.05, 4.69) is 10.2 Å². The maximum absolute atomic E-state index is 12.1. The van der Waals surface area contributed by atoms with Gasteiger partial charge in [0.25, 0.3) is 0 Å². The van der Waals surface area contributed by atoms with Crippen molar-refractivity contribution in [2.24, 2.45) is 0 Å². The summed E-state index contributed by atoms with van der Waals surface area (Å²) in [7, 11) is -1.60. The molecule has 1 aliphatic rings. The third-order valence-electron chi connectivity index (χ3n) is 4.73. The number of carbonyl (C=O) groups is 1. The molecule has 25 heavy (non-hydrogen) atoms. The van der Waals surface area contributed by atoms with Crippen LogP contribution in [0.2, 0.25) is 0 Å². The average molecular weight is 368 g/mol. The summed E-state index contributed by atoms with van der Waals surface area (Å²) in [6, 6.07) is 7.23. The predicted octanol–water partition coefficient (Wildman–Crippen LogP) is 1.99. The van der Waals surface area contributed by atoms with Crippen molar-refractivity contribution in [2.45, 2.75) is 50.2 Å². The molecule has 6 nitrogen and oxygen atoms in total. The highest BCUT2D eigenvalue weighted by Crippen LogP contribution is 2.22. The van der Waals surface area contributed by atoms with E-state index in [1.807, 2.05) is 19.1 Å². The number of ether oxygens (including phenoxy) is 1. The standard InChI is InChI=1S/C18H28N2O4S/c1-4-17(24-3)18(21)19-14-10-12-20(13-11-14)15-6-8-16(9-7-15)25(22,23)5-2/h6-9,14,17H,4-5,10-13H2,1-3H3,(H,19,21). The molecule has 0 aliphatic carbocycles. The summed E-state index contributed by atoms with van der Waals surface area (Å²) in [5.74, 6) is 0.0649. The Hall–Kier alpha value is -1.60. The number of sulfone groups is 1. The van der Waals surface area contributed by atoms with Crippen LogP contribution in [-0.4, -0.2) is 52.4 Å². The van der Waals surface area contributed by atoms with Gasteiger partial charge < -0.3 is 15.0 Å². The van der Waals surface area contributed by atoms with Gasteiger partial charge in [-0.2, -0.15) is 0 Å². The molecular formula is C18H28N2O4S. The van der Waals surface area contributed by atoms with Crippen molar-refractivity contribution in [3.8, 4) is 0 Å². The normalized spacial score (nSPS) is 17.3. The van der Waals surface area contributed by atoms with Gasteiger partial charge in [-0.05, 0) is 43.5 Å². The van der Waals surface area contributed by atoms with E-state index < -0.39 is 9.84 Å². The third-order valence-corrected chi connectivity index (χ3v) is 6.48. The summed E-state index contributed by atoms with van der Waals surface area (Å²) in [6.07, 6.45) is 2.00. The smallest absolute Gasteiger partial charge is 0.249 e. The zero-order valence-corrected chi connectivity index (χ0v) is 16.0. The minimum Gasteiger partial charge on any atom is -0.372 e. The number of carbonyl (C=O) groups excluding carboxylic acids is 1. The Morgan fingerprint density at radius 1 is 1.24 bits per heavy atom. The van der Waals surface area contributed by atoms with Crippen molar-refractivity contribution in [3.05, 3.63) is 24.3 Å². The van der Waals surface area contributed by atoms with E-state index in [0.717, 1.165) is 31.6 Å². The van der Waals surface area contributed by atoms with Crippen LogP contribution in [0.15, 0.2) is 29.2 Å². The summed E-state index contributed by atoms with van der Waals surface area (Å²) in [5.41, 5.74) is 1.02. The van der Waals surface area contributed by atoms with Crippen LogP contribution in [0.3, 0.4) is 0 Å². The fraction of sp³-hybridized carbons (Fsp3) is 0.611. The highest BCUT2D eigenvalue weighted by atomic mass is 32.2. The number of anilines is 1. The largest absolute Gasteiger partial charge is 0.372 e. The molecule has 0 spiro atoms. The van der Waals surface area contributed by atoms with E-state index in [4.69, 9.17) is 4.74 Å². The van der Waals surface area contributed by atoms with Gasteiger partial charge in [0.2, 0.25) is 5.91 Å². The van der Waals surface area contributed by atoms with Crippen LogP contribution in [0.4, 0.5) is 5.69 Å². The van der Waals surface area contributed by atoms with Crippen molar-refractivity contribution < 1.29 is 17.9 Å². The van der Waals surface area contributed by atoms with Gasteiger partial charge in [0.1, 0.15) is 6.10 Å². The lowest BCUT2D eigenvalue weighted by Crippen LogP contribution is -2.47. The van der Waals surface area contributed by atoms with E-state index in [9.17, 15) is 13.2 Å². The summed E-state index contributed by atoms with van der Waals surface area (Å²) >= 11 is 0. The third kappa shape index (κ3) is 4.95. The van der Waals surface area contributed by atoms with Gasteiger partial charge in [0.15, 0.2) is 9.84 Å². The van der Waals surface area contributed by atoms with Crippen LogP contribution >= 0.6 is 0 Å². The van der Waals surface area contributed by atoms with Gasteiger partial charge >= 0.3 is 0 Å². The number of methoxy groups -OCH3 is 1. The molecule has 1 aliphatic heterocycles. The molecule has 1 fully saturated rings. The minimum absolute atomic E-state index is 0.0439. The van der Waals surface area contributed by atoms with E-state index in [1.165, 1.54) is 0 Å². The summed E-state index contributed by atoms with van der Waals surface area (Å²) < 4.78 is 28.9. The Bertz CT molecular complexity index is 661. The molecule has 7 heteroatoms. The predicted molar refractivity (Wildman–Crippen MR) is 98.6 cm³/mol. The van der Waals surface area contributed by atoms with Crippen LogP contribution in [-0.2, 0) is 19.4 Å². The number of hydrogen-bond donors (Lipinski definition) is 1. The van der Waals surface area contributed by atoms with Crippen molar-refractivity contribution in [1.82, 2.24) is 5.32 Å². The zero-order chi connectivity index (χ0) is 18.4. The lowest BCUT2D eigenvalue weighted by atomic mass is 10.0. The van der Waals surface area contributed by atoms with Gasteiger partial charge in [0.05, 0.1) is 10.6 Å². The Kier molecular flexibility index (Phi) is 6.84. The van der Waals surface area contributed by atoms with E-state index in [-0.39, 0.29) is 23.8 Å². The van der Waals surface area contributed by atoms with Crippen molar-refractivity contribution in [3.63, 3.8) is 0 Å². The van der Waals surface area contributed by atoms with Gasteiger partial charge in [-0.25, -0.2) is 8.42 Å². The number of benzene rings is 1. The van der Waals surface area contributed by atoms with Crippen molar-refractivity contribution in [1.29, 1.82) is 0 Å². The fourth-order valence-corrected chi connectivity index (χ4v) is 3.95. The number of piperidine rings is 1. The Morgan fingerprint density at radius 3 is 2.32 bits per heavy atom. The van der Waals surface area contributed by atoms with Gasteiger partial charge in [-0.15, -0.1) is 0 Å². The number of nitrogens with one attached hydrogen (secondary N) is 1. The molecule has 1 amide bonds. The number of amides is 1. The molecule has 1 saturated heterocycles. The molecular weight excluding hydrogens is 340 g/mol. The van der Waals surface area contributed by atoms with Gasteiger partial charge in [-0.1, -0.05) is 13.8 Å². The molecule has 1 atom stereocenters. The Morgan fingerprint density at radius 2 is 1.84 bits per heavy atom. The summed E-state index contributed by atoms with van der Waals surface area (Å²) in [6.45, 7) is 5.23. The molecule has 2 rings (SSSR count). The second-order valence-electron chi connectivity index (χ2n) is 6.30. The van der Waals surface area contributed by atoms with Crippen LogP contribution in [0.1, 0.15) is 33.1 Å². The van der Waals surface area contributed by atoms with Gasteiger partial charge in [0, 0.05) is 31.9 Å². The minimum atomic E-state index is -3.16. The first-order chi connectivity index (χ1) is 11.9. The van der Waals surface area contributed by atoms with E-state index in [1.54, 1.807) is 26.2 Å². The monoisotopic (exact) mass is 368 g/mol. The highest BCUT2D eigenvalue weighted by Gasteiger charge is 2.24. The van der Waals surface area contributed by atoms with Crippen LogP contribution in [0.5, 0.6) is 0 Å². The first-order valence-corrected chi connectivity index (χ1v) is 10.5. The maximum atomic E-state index is 12.1. The number of hydrogen-bond acceptors (Lipinski definition) is 5. The summed E-state index contributed by atoms with van der Waals surface area (Å²) in [4.78, 5) is 14.7. The molecule has 0 bridgehead atoms. The van der Waals surface area contributed by atoms with Crippen LogP contribution < -0.4 is 10.2 Å². The lowest BCUT2D eigenvalue weighted by molar-refractivity contribution is -0.132. The Labute approximate surface area is 150 Å². The van der Waals surface area contributed by atoms with Crippen LogP contribution in [0, 0.1) is 0 Å². The lowest BCUT2D eigenvalue weighted by Gasteiger charge is -2.34. The molecule has 1 unspecified atom stereocenters. The second-order valence-corrected chi connectivity index (χ2v) is 8.58. The quantitative estimate of drug-likeness (QED) is 0.797. The molecule has 1 aromatic rings. The SMILES string of the molecule is CCC(OC)C(=O)NC1CCN(c2ccc(S(=O)(=O)CC)cc2)CC1. The Balaban J connectivity index is 1.91. The molecule has 140 valence electrons. The maximum Gasteiger partial charge on any atom is 0.249 e. The molecule has 0 aromatic heterocycles. The van der Waals surface area contributed by atoms with Gasteiger partial charge in [-0.3, -0.25) is 4.79 Å². The van der Waals surface area contributed by atoms with Crippen molar-refractivity contribution in [2.75, 3.05) is 30.9 Å². The van der Waals surface area contributed by atoms with Crippen molar-refractivity contribution >= 4 is 21.4 Å². The highest BCUT2D eigenvalue weighted by molar-refractivity contribution is 7.91. The van der Waals surface area contributed by atoms with E-state index in [0.29, 0.717) is 11.3 Å². The average Bonchev–Trinajstić information content (AvgIpc) is 2.63. The summed E-state index contributed by atoms with van der Waals surface area (Å²) in [5, 5.41) is 3.06. The van der Waals surface area contributed by atoms with Crippen LogP contribution in [0.25, 0.3) is 0 Å². The fourth-order valence-electron chi connectivity index (χ4n) is 3.07. The number of rotatable bonds is 7. The molecule has 1 aromatic carbocycles.